The highest BCUT2D eigenvalue weighted by Gasteiger charge is 2.76. The lowest BCUT2D eigenvalue weighted by molar-refractivity contribution is -0.154. The number of carbonyl (C=O) groups is 3. The van der Waals surface area contributed by atoms with Crippen molar-refractivity contribution in [1.29, 1.82) is 0 Å². The smallest absolute Gasteiger partial charge is 0.310 e. The first-order valence-corrected chi connectivity index (χ1v) is 15.6. The molecule has 7 nitrogen and oxygen atoms in total. The van der Waals surface area contributed by atoms with Gasteiger partial charge in [-0.2, -0.15) is 0 Å². The molecule has 1 aromatic rings. The van der Waals surface area contributed by atoms with Gasteiger partial charge < -0.3 is 19.6 Å². The van der Waals surface area contributed by atoms with Crippen molar-refractivity contribution in [1.82, 2.24) is 9.80 Å². The number of benzene rings is 1. The Hall–Kier alpha value is -1.84. The van der Waals surface area contributed by atoms with Crippen LogP contribution in [-0.2, 0) is 19.1 Å². The van der Waals surface area contributed by atoms with Gasteiger partial charge in [-0.05, 0) is 31.7 Å². The van der Waals surface area contributed by atoms with Gasteiger partial charge in [-0.25, -0.2) is 0 Å². The number of likely N-dealkylation sites (tertiary alicyclic amines) is 1. The summed E-state index contributed by atoms with van der Waals surface area (Å²) in [5.74, 6) is -2.02. The van der Waals surface area contributed by atoms with Gasteiger partial charge in [0.15, 0.2) is 0 Å². The Morgan fingerprint density at radius 3 is 2.63 bits per heavy atom. The Balaban J connectivity index is 1.62. The van der Waals surface area contributed by atoms with Crippen LogP contribution in [0.1, 0.15) is 57.1 Å². The summed E-state index contributed by atoms with van der Waals surface area (Å²) in [5.41, 5.74) is 0.771. The molecule has 3 saturated heterocycles. The first-order chi connectivity index (χ1) is 18.4. The topological polar surface area (TPSA) is 87.2 Å². The van der Waals surface area contributed by atoms with Crippen molar-refractivity contribution >= 4 is 45.5 Å². The number of thioether (sulfide) groups is 1. The standard InChI is InChI=1S/C29H37BrN2O5S/c1-3-15-31(19-13-9-6-10-14-19)27(35)25-29-16-20(30)24(38-29)22(28(36)37-4-2)23(29)26(34)32(25)21(17-33)18-11-7-5-8-12-18/h3,5,7-8,11-12,19-25,33H,1,4,6,9-10,13-17H2,2H3/t20?,21-,22-,23+,24-,25?,29?/m1/s1. The molecule has 3 unspecified atom stereocenters. The molecule has 5 rings (SSSR count). The number of hydrogen-bond donors (Lipinski definition) is 1. The molecule has 4 fully saturated rings. The number of ether oxygens (including phenoxy) is 1. The summed E-state index contributed by atoms with van der Waals surface area (Å²) in [6.45, 7) is 6.02. The molecule has 206 valence electrons. The van der Waals surface area contributed by atoms with Crippen LogP contribution in [0.15, 0.2) is 43.0 Å². The van der Waals surface area contributed by atoms with Crippen molar-refractivity contribution in [3.05, 3.63) is 48.6 Å². The fourth-order valence-electron chi connectivity index (χ4n) is 7.33. The molecule has 2 bridgehead atoms. The van der Waals surface area contributed by atoms with E-state index in [0.29, 0.717) is 13.0 Å². The number of aliphatic hydroxyl groups is 1. The highest BCUT2D eigenvalue weighted by Crippen LogP contribution is 2.68. The average molecular weight is 606 g/mol. The Bertz CT molecular complexity index is 1070. The Morgan fingerprint density at radius 1 is 1.29 bits per heavy atom. The second-order valence-corrected chi connectivity index (χ2v) is 13.6. The van der Waals surface area contributed by atoms with Gasteiger partial charge in [0.2, 0.25) is 11.8 Å². The molecule has 0 aromatic heterocycles. The molecule has 2 amide bonds. The van der Waals surface area contributed by atoms with E-state index in [2.05, 4.69) is 22.5 Å². The van der Waals surface area contributed by atoms with Crippen LogP contribution in [0.5, 0.6) is 0 Å². The number of esters is 1. The maximum atomic E-state index is 14.7. The fourth-order valence-corrected chi connectivity index (χ4v) is 10.9. The molecule has 1 aliphatic carbocycles. The highest BCUT2D eigenvalue weighted by molar-refractivity contribution is 9.09. The minimum Gasteiger partial charge on any atom is -0.466 e. The van der Waals surface area contributed by atoms with Gasteiger partial charge in [-0.15, -0.1) is 18.3 Å². The van der Waals surface area contributed by atoms with Crippen LogP contribution < -0.4 is 0 Å². The monoisotopic (exact) mass is 604 g/mol. The maximum Gasteiger partial charge on any atom is 0.310 e. The summed E-state index contributed by atoms with van der Waals surface area (Å²) in [6.07, 6.45) is 7.53. The van der Waals surface area contributed by atoms with Crippen molar-refractivity contribution in [3.63, 3.8) is 0 Å². The van der Waals surface area contributed by atoms with E-state index in [0.717, 1.165) is 37.7 Å². The number of fused-ring (bicyclic) bond motifs is 1. The Kier molecular flexibility index (Phi) is 8.27. The minimum atomic E-state index is -0.797. The molecule has 0 radical (unpaired) electrons. The zero-order valence-electron chi connectivity index (χ0n) is 21.8. The molecule has 9 heteroatoms. The zero-order valence-corrected chi connectivity index (χ0v) is 24.2. The van der Waals surface area contributed by atoms with Gasteiger partial charge >= 0.3 is 5.97 Å². The van der Waals surface area contributed by atoms with Crippen LogP contribution in [0.25, 0.3) is 0 Å². The van der Waals surface area contributed by atoms with E-state index in [9.17, 15) is 19.5 Å². The summed E-state index contributed by atoms with van der Waals surface area (Å²) < 4.78 is 4.68. The van der Waals surface area contributed by atoms with E-state index in [-0.39, 0.29) is 47.1 Å². The number of halogens is 1. The lowest BCUT2D eigenvalue weighted by Gasteiger charge is -2.42. The third-order valence-electron chi connectivity index (χ3n) is 8.84. The Labute approximate surface area is 237 Å². The molecule has 1 saturated carbocycles. The van der Waals surface area contributed by atoms with E-state index < -0.39 is 28.7 Å². The molecule has 38 heavy (non-hydrogen) atoms. The molecule has 3 heterocycles. The first kappa shape index (κ1) is 27.7. The number of hydrogen-bond acceptors (Lipinski definition) is 6. The fraction of sp³-hybridized carbons (Fsp3) is 0.621. The molecular weight excluding hydrogens is 568 g/mol. The maximum absolute atomic E-state index is 14.7. The second-order valence-electron chi connectivity index (χ2n) is 10.8. The molecule has 4 aliphatic rings. The number of amides is 2. The van der Waals surface area contributed by atoms with E-state index in [1.54, 1.807) is 29.7 Å². The zero-order chi connectivity index (χ0) is 27.0. The van der Waals surface area contributed by atoms with Crippen molar-refractivity contribution in [3.8, 4) is 0 Å². The highest BCUT2D eigenvalue weighted by atomic mass is 79.9. The SMILES string of the molecule is C=CCN(C(=O)C1N([C@H](CO)c2ccccc2)C(=O)[C@@H]2[C@@H](C(=O)OCC)[C@@H]3SC12CC3Br)C1CCCCC1. The number of nitrogens with zero attached hydrogens (tertiary/aromatic N) is 2. The van der Waals surface area contributed by atoms with Crippen LogP contribution in [0.3, 0.4) is 0 Å². The van der Waals surface area contributed by atoms with Crippen LogP contribution in [0.2, 0.25) is 0 Å². The number of aliphatic hydroxyl groups excluding tert-OH is 1. The second kappa shape index (κ2) is 11.3. The molecular formula is C29H37BrN2O5S. The predicted octanol–water partition coefficient (Wildman–Crippen LogP) is 4.10. The summed E-state index contributed by atoms with van der Waals surface area (Å²) in [5, 5.41) is 10.5. The quantitative estimate of drug-likeness (QED) is 0.259. The van der Waals surface area contributed by atoms with Crippen molar-refractivity contribution < 1.29 is 24.2 Å². The molecule has 1 N–H and O–H groups in total. The number of rotatable bonds is 9. The van der Waals surface area contributed by atoms with E-state index >= 15 is 0 Å². The van der Waals surface area contributed by atoms with E-state index in [1.807, 2.05) is 35.2 Å². The number of alkyl halides is 1. The van der Waals surface area contributed by atoms with Gasteiger partial charge in [-0.3, -0.25) is 14.4 Å². The van der Waals surface area contributed by atoms with Crippen LogP contribution in [0, 0.1) is 11.8 Å². The third-order valence-corrected chi connectivity index (χ3v) is 12.1. The molecule has 3 aliphatic heterocycles. The largest absolute Gasteiger partial charge is 0.466 e. The van der Waals surface area contributed by atoms with E-state index in [4.69, 9.17) is 4.74 Å². The van der Waals surface area contributed by atoms with Crippen LogP contribution in [-0.4, -0.2) is 79.4 Å². The van der Waals surface area contributed by atoms with Gasteiger partial charge in [0.05, 0.1) is 35.8 Å². The molecule has 1 spiro atoms. The number of carbonyl (C=O) groups excluding carboxylic acids is 3. The van der Waals surface area contributed by atoms with Crippen molar-refractivity contribution in [2.24, 2.45) is 11.8 Å². The summed E-state index contributed by atoms with van der Waals surface area (Å²) in [6, 6.07) is 8.00. The lowest BCUT2D eigenvalue weighted by atomic mass is 9.71. The minimum absolute atomic E-state index is 0.0203. The summed E-state index contributed by atoms with van der Waals surface area (Å²) in [4.78, 5) is 45.9. The van der Waals surface area contributed by atoms with Crippen LogP contribution >= 0.6 is 27.7 Å². The van der Waals surface area contributed by atoms with Gasteiger partial charge in [0, 0.05) is 22.7 Å². The molecule has 7 atom stereocenters. The van der Waals surface area contributed by atoms with Gasteiger partial charge in [0.25, 0.3) is 0 Å². The third kappa shape index (κ3) is 4.42. The van der Waals surface area contributed by atoms with Gasteiger partial charge in [0.1, 0.15) is 6.04 Å². The average Bonchev–Trinajstić information content (AvgIpc) is 3.52. The Morgan fingerprint density at radius 2 is 2.00 bits per heavy atom. The first-order valence-electron chi connectivity index (χ1n) is 13.8. The summed E-state index contributed by atoms with van der Waals surface area (Å²) in [7, 11) is 0. The lowest BCUT2D eigenvalue weighted by Crippen LogP contribution is -2.58. The predicted molar refractivity (Wildman–Crippen MR) is 151 cm³/mol. The summed E-state index contributed by atoms with van der Waals surface area (Å²) >= 11 is 5.40. The van der Waals surface area contributed by atoms with Crippen LogP contribution in [0.4, 0.5) is 0 Å². The van der Waals surface area contributed by atoms with Crippen molar-refractivity contribution in [2.75, 3.05) is 19.8 Å². The van der Waals surface area contributed by atoms with Gasteiger partial charge in [-0.1, -0.05) is 71.6 Å². The van der Waals surface area contributed by atoms with Crippen molar-refractivity contribution in [2.45, 2.75) is 78.4 Å². The van der Waals surface area contributed by atoms with E-state index in [1.165, 1.54) is 0 Å². The molecule has 1 aromatic carbocycles. The normalized spacial score (nSPS) is 33.2.